The first-order valence-corrected chi connectivity index (χ1v) is 16.8. The largest absolute Gasteiger partial charge is 0.573 e. The summed E-state index contributed by atoms with van der Waals surface area (Å²) in [5, 5.41) is 5.17. The maximum atomic E-state index is 12.9. The van der Waals surface area contributed by atoms with Crippen LogP contribution >= 0.6 is 24.0 Å². The van der Waals surface area contributed by atoms with Crippen LogP contribution in [0.3, 0.4) is 0 Å². The first kappa shape index (κ1) is 34.3. The van der Waals surface area contributed by atoms with E-state index in [1.165, 1.54) is 47.0 Å². The number of hydrogen-bond donors (Lipinski definition) is 0. The van der Waals surface area contributed by atoms with Crippen molar-refractivity contribution in [2.45, 2.75) is 65.7 Å². The molecule has 1 aliphatic rings. The Morgan fingerprint density at radius 3 is 2.57 bits per heavy atom. The van der Waals surface area contributed by atoms with Gasteiger partial charge in [0.15, 0.2) is 11.0 Å². The number of aryl methyl sites for hydroxylation is 2. The molecule has 1 aromatic heterocycles. The number of rotatable bonds is 11. The minimum Gasteiger partial charge on any atom is -0.406 e. The number of ether oxygens (including phenoxy) is 1. The summed E-state index contributed by atoms with van der Waals surface area (Å²) < 4.78 is 42.8. The van der Waals surface area contributed by atoms with E-state index in [1.54, 1.807) is 4.90 Å². The Hall–Kier alpha value is -4.03. The number of amidine groups is 1. The third kappa shape index (κ3) is 9.07. The van der Waals surface area contributed by atoms with Gasteiger partial charge in [0.1, 0.15) is 17.1 Å². The van der Waals surface area contributed by atoms with E-state index in [0.29, 0.717) is 39.8 Å². The molecule has 12 heteroatoms. The van der Waals surface area contributed by atoms with Gasteiger partial charge in [-0.05, 0) is 91.1 Å². The molecule has 4 aromatic rings. The highest BCUT2D eigenvalue weighted by Crippen LogP contribution is 2.34. The monoisotopic (exact) mass is 679 g/mol. The van der Waals surface area contributed by atoms with Gasteiger partial charge in [0.2, 0.25) is 5.91 Å². The maximum Gasteiger partial charge on any atom is 0.573 e. The van der Waals surface area contributed by atoms with Crippen LogP contribution < -0.4 is 9.64 Å². The summed E-state index contributed by atoms with van der Waals surface area (Å²) in [4.78, 5) is 24.4. The fraction of sp³-hybridized carbons (Fsp3) is 0.343. The second-order valence-electron chi connectivity index (χ2n) is 12.0. The topological polar surface area (TPSA) is 72.6 Å². The predicted molar refractivity (Wildman–Crippen MR) is 185 cm³/mol. The number of carbonyl (C=O) groups is 1. The SMILES string of the molecule is Cc1ccc(C(C)C)c(N2C(=O)CSC2=NC(=S)CC(C)CCCc2cccc(-c3ncn(-c4ccc(OC(F)(F)F)cc4)n3)c2)c1. The lowest BCUT2D eigenvalue weighted by atomic mass is 9.97. The number of amides is 1. The highest BCUT2D eigenvalue weighted by atomic mass is 32.2. The molecule has 2 heterocycles. The first-order chi connectivity index (χ1) is 22.4. The van der Waals surface area contributed by atoms with Gasteiger partial charge in [0, 0.05) is 12.0 Å². The zero-order valence-corrected chi connectivity index (χ0v) is 28.3. The van der Waals surface area contributed by atoms with Crippen molar-refractivity contribution in [3.8, 4) is 22.8 Å². The summed E-state index contributed by atoms with van der Waals surface area (Å²) in [6.07, 6.45) is 0.228. The second-order valence-corrected chi connectivity index (χ2v) is 13.4. The zero-order valence-electron chi connectivity index (χ0n) is 26.6. The van der Waals surface area contributed by atoms with Crippen LogP contribution in [0.5, 0.6) is 5.75 Å². The van der Waals surface area contributed by atoms with Crippen molar-refractivity contribution in [2.75, 3.05) is 10.7 Å². The third-order valence-electron chi connectivity index (χ3n) is 7.73. The molecule has 0 saturated carbocycles. The molecule has 0 radical (unpaired) electrons. The molecule has 5 rings (SSSR count). The fourth-order valence-electron chi connectivity index (χ4n) is 5.41. The Morgan fingerprint density at radius 1 is 1.09 bits per heavy atom. The van der Waals surface area contributed by atoms with Gasteiger partial charge in [-0.2, -0.15) is 0 Å². The number of nitrogens with zero attached hydrogens (tertiary/aromatic N) is 5. The van der Waals surface area contributed by atoms with Crippen molar-refractivity contribution >= 4 is 45.7 Å². The van der Waals surface area contributed by atoms with Crippen LogP contribution in [0.4, 0.5) is 18.9 Å². The maximum absolute atomic E-state index is 12.9. The van der Waals surface area contributed by atoms with Crippen LogP contribution in [-0.4, -0.2) is 42.9 Å². The molecule has 1 amide bonds. The molecule has 1 aliphatic heterocycles. The normalized spacial score (nSPS) is 15.1. The van der Waals surface area contributed by atoms with E-state index in [9.17, 15) is 18.0 Å². The summed E-state index contributed by atoms with van der Waals surface area (Å²) in [5.74, 6) is 1.18. The summed E-state index contributed by atoms with van der Waals surface area (Å²) in [5.41, 5.74) is 5.66. The van der Waals surface area contributed by atoms with E-state index >= 15 is 0 Å². The van der Waals surface area contributed by atoms with Crippen LogP contribution in [0, 0.1) is 12.8 Å². The van der Waals surface area contributed by atoms with E-state index in [1.807, 2.05) is 19.1 Å². The summed E-state index contributed by atoms with van der Waals surface area (Å²) in [6.45, 7) is 8.44. The second kappa shape index (κ2) is 14.8. The van der Waals surface area contributed by atoms with E-state index < -0.39 is 6.36 Å². The lowest BCUT2D eigenvalue weighted by Crippen LogP contribution is -2.31. The molecule has 47 heavy (non-hydrogen) atoms. The van der Waals surface area contributed by atoms with Crippen molar-refractivity contribution in [1.82, 2.24) is 14.8 Å². The van der Waals surface area contributed by atoms with Crippen molar-refractivity contribution in [3.63, 3.8) is 0 Å². The Morgan fingerprint density at radius 2 is 1.85 bits per heavy atom. The number of thiocarbonyl (C=S) groups is 1. The summed E-state index contributed by atoms with van der Waals surface area (Å²) in [7, 11) is 0. The molecule has 0 N–H and O–H groups in total. The average molecular weight is 680 g/mol. The molecular weight excluding hydrogens is 644 g/mol. The molecule has 3 aromatic carbocycles. The van der Waals surface area contributed by atoms with Crippen molar-refractivity contribution in [2.24, 2.45) is 10.9 Å². The molecule has 0 spiro atoms. The highest BCUT2D eigenvalue weighted by molar-refractivity contribution is 8.15. The molecule has 246 valence electrons. The predicted octanol–water partition coefficient (Wildman–Crippen LogP) is 9.08. The minimum atomic E-state index is -4.74. The van der Waals surface area contributed by atoms with Gasteiger partial charge in [-0.3, -0.25) is 9.69 Å². The zero-order chi connectivity index (χ0) is 33.7. The minimum absolute atomic E-state index is 0.0231. The fourth-order valence-corrected chi connectivity index (χ4v) is 6.73. The van der Waals surface area contributed by atoms with Crippen LogP contribution in [-0.2, 0) is 11.2 Å². The van der Waals surface area contributed by atoms with Crippen LogP contribution in [0.25, 0.3) is 17.1 Å². The molecule has 1 fully saturated rings. The lowest BCUT2D eigenvalue weighted by molar-refractivity contribution is -0.274. The summed E-state index contributed by atoms with van der Waals surface area (Å²) in [6, 6.07) is 19.7. The number of alkyl halides is 3. The molecular formula is C35H36F3N5O2S2. The number of benzene rings is 3. The van der Waals surface area contributed by atoms with E-state index in [-0.39, 0.29) is 17.6 Å². The third-order valence-corrected chi connectivity index (χ3v) is 8.91. The van der Waals surface area contributed by atoms with Crippen molar-refractivity contribution < 1.29 is 22.7 Å². The van der Waals surface area contributed by atoms with E-state index in [0.717, 1.165) is 47.2 Å². The van der Waals surface area contributed by atoms with E-state index in [2.05, 4.69) is 65.9 Å². The number of halogens is 3. The standard InChI is InChI=1S/C35H36F3N5O2S2/c1-22(2)29-16-11-24(4)17-30(29)43-32(44)20-47-34(43)40-31(46)18-23(3)7-5-8-25-9-6-10-26(19-25)33-39-21-42(41-33)27-12-14-28(15-13-27)45-35(36,37)38/h6,9-17,19,21-23H,5,7-8,18,20H2,1-4H3. The quantitative estimate of drug-likeness (QED) is 0.147. The number of hydrogen-bond acceptors (Lipinski definition) is 6. The molecule has 0 aliphatic carbocycles. The van der Waals surface area contributed by atoms with Crippen molar-refractivity contribution in [1.29, 1.82) is 0 Å². The Bertz CT molecular complexity index is 1770. The summed E-state index contributed by atoms with van der Waals surface area (Å²) >= 11 is 7.13. The molecule has 1 atom stereocenters. The van der Waals surface area contributed by atoms with Crippen LogP contribution in [0.1, 0.15) is 62.6 Å². The Kier molecular flexibility index (Phi) is 10.8. The lowest BCUT2D eigenvalue weighted by Gasteiger charge is -2.22. The molecule has 1 saturated heterocycles. The molecule has 1 unspecified atom stereocenters. The Labute approximate surface area is 282 Å². The van der Waals surface area contributed by atoms with Crippen LogP contribution in [0.15, 0.2) is 78.0 Å². The van der Waals surface area contributed by atoms with E-state index in [4.69, 9.17) is 17.2 Å². The Balaban J connectivity index is 1.15. The van der Waals surface area contributed by atoms with Gasteiger partial charge in [0.05, 0.1) is 17.1 Å². The molecule has 0 bridgehead atoms. The van der Waals surface area contributed by atoms with Gasteiger partial charge in [-0.1, -0.05) is 75.1 Å². The molecule has 7 nitrogen and oxygen atoms in total. The van der Waals surface area contributed by atoms with Gasteiger partial charge >= 0.3 is 6.36 Å². The van der Waals surface area contributed by atoms with Gasteiger partial charge in [0.25, 0.3) is 0 Å². The van der Waals surface area contributed by atoms with Gasteiger partial charge < -0.3 is 4.74 Å². The first-order valence-electron chi connectivity index (χ1n) is 15.4. The van der Waals surface area contributed by atoms with Gasteiger partial charge in [-0.15, -0.1) is 18.3 Å². The van der Waals surface area contributed by atoms with Crippen molar-refractivity contribution in [3.05, 3.63) is 89.7 Å². The number of anilines is 1. The van der Waals surface area contributed by atoms with Crippen LogP contribution in [0.2, 0.25) is 0 Å². The van der Waals surface area contributed by atoms with Gasteiger partial charge in [-0.25, -0.2) is 14.7 Å². The average Bonchev–Trinajstić information content (AvgIpc) is 3.64. The number of carbonyl (C=O) groups excluding carboxylic acids is 1. The number of thioether (sulfide) groups is 1. The number of aromatic nitrogens is 3. The smallest absolute Gasteiger partial charge is 0.406 e. The number of aliphatic imine (C=N–C) groups is 1. The highest BCUT2D eigenvalue weighted by Gasteiger charge is 2.32.